The minimum Gasteiger partial charge on any atom is -0.378 e. The third kappa shape index (κ3) is 5.59. The van der Waals surface area contributed by atoms with E-state index in [1.165, 1.54) is 13.2 Å². The van der Waals surface area contributed by atoms with E-state index in [4.69, 9.17) is 15.3 Å². The second-order valence-corrected chi connectivity index (χ2v) is 7.24. The van der Waals surface area contributed by atoms with Gasteiger partial charge in [-0.05, 0) is 73.0 Å². The molecule has 0 aliphatic rings. The molecule has 2 N–H and O–H groups in total. The van der Waals surface area contributed by atoms with Crippen LogP contribution in [-0.2, 0) is 11.3 Å². The van der Waals surface area contributed by atoms with E-state index in [2.05, 4.69) is 26.7 Å². The van der Waals surface area contributed by atoms with Gasteiger partial charge in [-0.3, -0.25) is 4.79 Å². The zero-order chi connectivity index (χ0) is 23.8. The molecule has 0 atom stereocenters. The van der Waals surface area contributed by atoms with Crippen molar-refractivity contribution in [2.45, 2.75) is 20.5 Å². The summed E-state index contributed by atoms with van der Waals surface area (Å²) in [4.78, 5) is 20.9. The van der Waals surface area contributed by atoms with Crippen LogP contribution >= 0.6 is 0 Å². The molecule has 8 heteroatoms. The smallest absolute Gasteiger partial charge is 0.229 e. The first-order chi connectivity index (χ1) is 16.0. The zero-order valence-corrected chi connectivity index (χ0v) is 18.5. The molecule has 0 saturated heterocycles. The first kappa shape index (κ1) is 23.1. The highest BCUT2D eigenvalue weighted by Gasteiger charge is 2.16. The standard InChI is InChI=1S/C25H22N6O2/c1-16-11-19(5-4-10-26)12-17(2)23(16)30-24-21(14-32)22(15-33-3)29-25(31-24)28-20-8-6-18(13-27)7-9-20/h4-9,11-12,14H,15H2,1-3H3,(H2,28,29,30,31)/b5-4+. The predicted octanol–water partition coefficient (Wildman–Crippen LogP) is 4.95. The van der Waals surface area contributed by atoms with E-state index in [0.29, 0.717) is 34.6 Å². The van der Waals surface area contributed by atoms with Crippen LogP contribution in [0.25, 0.3) is 6.08 Å². The largest absolute Gasteiger partial charge is 0.378 e. The van der Waals surface area contributed by atoms with Crippen LogP contribution in [0, 0.1) is 36.5 Å². The SMILES string of the molecule is COCc1nc(Nc2ccc(C#N)cc2)nc(Nc2c(C)cc(/C=C/C#N)cc2C)c1C=O. The summed E-state index contributed by atoms with van der Waals surface area (Å²) < 4.78 is 5.24. The predicted molar refractivity (Wildman–Crippen MR) is 126 cm³/mol. The minimum atomic E-state index is 0.128. The van der Waals surface area contributed by atoms with Gasteiger partial charge in [-0.25, -0.2) is 4.98 Å². The number of nitriles is 2. The second kappa shape index (κ2) is 10.7. The van der Waals surface area contributed by atoms with Crippen LogP contribution in [0.15, 0.2) is 42.5 Å². The van der Waals surface area contributed by atoms with Gasteiger partial charge >= 0.3 is 0 Å². The highest BCUT2D eigenvalue weighted by atomic mass is 16.5. The summed E-state index contributed by atoms with van der Waals surface area (Å²) in [5, 5.41) is 24.1. The molecule has 164 valence electrons. The van der Waals surface area contributed by atoms with Crippen molar-refractivity contribution in [2.24, 2.45) is 0 Å². The molecule has 1 aromatic heterocycles. The third-order valence-corrected chi connectivity index (χ3v) is 4.84. The van der Waals surface area contributed by atoms with Crippen molar-refractivity contribution in [3.05, 3.63) is 76.0 Å². The van der Waals surface area contributed by atoms with Gasteiger partial charge in [-0.15, -0.1) is 0 Å². The molecule has 0 radical (unpaired) electrons. The Morgan fingerprint density at radius 3 is 2.33 bits per heavy atom. The van der Waals surface area contributed by atoms with Crippen molar-refractivity contribution in [1.82, 2.24) is 9.97 Å². The molecule has 0 unspecified atom stereocenters. The fourth-order valence-corrected chi connectivity index (χ4v) is 3.34. The first-order valence-corrected chi connectivity index (χ1v) is 10.1. The van der Waals surface area contributed by atoms with Gasteiger partial charge < -0.3 is 15.4 Å². The van der Waals surface area contributed by atoms with Crippen LogP contribution in [0.5, 0.6) is 0 Å². The number of rotatable bonds is 8. The Morgan fingerprint density at radius 1 is 1.06 bits per heavy atom. The number of ether oxygens (including phenoxy) is 1. The van der Waals surface area contributed by atoms with Crippen LogP contribution in [0.2, 0.25) is 0 Å². The second-order valence-electron chi connectivity index (χ2n) is 7.24. The number of aryl methyl sites for hydroxylation is 2. The quantitative estimate of drug-likeness (QED) is 0.374. The number of aromatic nitrogens is 2. The number of carbonyl (C=O) groups excluding carboxylic acids is 1. The van der Waals surface area contributed by atoms with E-state index < -0.39 is 0 Å². The highest BCUT2D eigenvalue weighted by molar-refractivity contribution is 5.87. The lowest BCUT2D eigenvalue weighted by atomic mass is 10.0. The fourth-order valence-electron chi connectivity index (χ4n) is 3.34. The molecular formula is C25H22N6O2. The number of carbonyl (C=O) groups is 1. The normalized spacial score (nSPS) is 10.5. The lowest BCUT2D eigenvalue weighted by Crippen LogP contribution is -2.11. The monoisotopic (exact) mass is 438 g/mol. The van der Waals surface area contributed by atoms with E-state index in [1.54, 1.807) is 30.3 Å². The van der Waals surface area contributed by atoms with Crippen LogP contribution in [-0.4, -0.2) is 23.4 Å². The van der Waals surface area contributed by atoms with E-state index in [9.17, 15) is 4.79 Å². The molecule has 3 aromatic rings. The maximum Gasteiger partial charge on any atom is 0.229 e. The van der Waals surface area contributed by atoms with E-state index in [0.717, 1.165) is 22.4 Å². The number of allylic oxidation sites excluding steroid dienone is 1. The van der Waals surface area contributed by atoms with Crippen molar-refractivity contribution < 1.29 is 9.53 Å². The van der Waals surface area contributed by atoms with Gasteiger partial charge in [0.2, 0.25) is 5.95 Å². The number of hydrogen-bond donors (Lipinski definition) is 2. The molecular weight excluding hydrogens is 416 g/mol. The molecule has 8 nitrogen and oxygen atoms in total. The lowest BCUT2D eigenvalue weighted by molar-refractivity contribution is 0.111. The molecule has 3 rings (SSSR count). The van der Waals surface area contributed by atoms with Gasteiger partial charge in [0.15, 0.2) is 6.29 Å². The number of anilines is 4. The Hall–Kier alpha value is -4.53. The molecule has 2 aromatic carbocycles. The number of nitrogens with one attached hydrogen (secondary N) is 2. The van der Waals surface area contributed by atoms with Crippen molar-refractivity contribution in [3.8, 4) is 12.1 Å². The molecule has 0 aliphatic heterocycles. The van der Waals surface area contributed by atoms with Gasteiger partial charge in [0.1, 0.15) is 5.82 Å². The van der Waals surface area contributed by atoms with E-state index in [-0.39, 0.29) is 12.6 Å². The molecule has 33 heavy (non-hydrogen) atoms. The first-order valence-electron chi connectivity index (χ1n) is 10.1. The van der Waals surface area contributed by atoms with Crippen molar-refractivity contribution in [1.29, 1.82) is 10.5 Å². The van der Waals surface area contributed by atoms with E-state index in [1.807, 2.05) is 32.0 Å². The Kier molecular flexibility index (Phi) is 7.48. The molecule has 0 amide bonds. The Labute approximate surface area is 192 Å². The molecule has 0 fully saturated rings. The molecule has 0 saturated carbocycles. The van der Waals surface area contributed by atoms with Crippen molar-refractivity contribution in [2.75, 3.05) is 17.7 Å². The topological polar surface area (TPSA) is 124 Å². The van der Waals surface area contributed by atoms with Gasteiger partial charge in [-0.1, -0.05) is 0 Å². The summed E-state index contributed by atoms with van der Waals surface area (Å²) in [5.41, 5.74) is 5.54. The van der Waals surface area contributed by atoms with Crippen LogP contribution in [0.1, 0.15) is 38.3 Å². The van der Waals surface area contributed by atoms with Gasteiger partial charge in [0.25, 0.3) is 0 Å². The van der Waals surface area contributed by atoms with Gasteiger partial charge in [-0.2, -0.15) is 15.5 Å². The Morgan fingerprint density at radius 2 is 1.76 bits per heavy atom. The van der Waals surface area contributed by atoms with Crippen LogP contribution < -0.4 is 10.6 Å². The lowest BCUT2D eigenvalue weighted by Gasteiger charge is -2.17. The average Bonchev–Trinajstić information content (AvgIpc) is 2.80. The zero-order valence-electron chi connectivity index (χ0n) is 18.5. The number of hydrogen-bond acceptors (Lipinski definition) is 8. The van der Waals surface area contributed by atoms with Crippen molar-refractivity contribution >= 4 is 35.5 Å². The summed E-state index contributed by atoms with van der Waals surface area (Å²) >= 11 is 0. The molecule has 0 bridgehead atoms. The minimum absolute atomic E-state index is 0.128. The summed E-state index contributed by atoms with van der Waals surface area (Å²) in [5.74, 6) is 0.624. The summed E-state index contributed by atoms with van der Waals surface area (Å²) in [6.07, 6.45) is 3.87. The summed E-state index contributed by atoms with van der Waals surface area (Å²) in [7, 11) is 1.53. The number of aldehydes is 1. The Bertz CT molecular complexity index is 1260. The average molecular weight is 438 g/mol. The number of nitrogens with zero attached hydrogens (tertiary/aromatic N) is 4. The maximum absolute atomic E-state index is 11.9. The fraction of sp³-hybridized carbons (Fsp3) is 0.160. The van der Waals surface area contributed by atoms with E-state index >= 15 is 0 Å². The molecule has 0 aliphatic carbocycles. The van der Waals surface area contributed by atoms with Crippen molar-refractivity contribution in [3.63, 3.8) is 0 Å². The van der Waals surface area contributed by atoms with Gasteiger partial charge in [0.05, 0.1) is 35.6 Å². The van der Waals surface area contributed by atoms with Crippen LogP contribution in [0.4, 0.5) is 23.1 Å². The summed E-state index contributed by atoms with van der Waals surface area (Å²) in [6, 6.07) is 14.8. The third-order valence-electron chi connectivity index (χ3n) is 4.84. The Balaban J connectivity index is 2.03. The van der Waals surface area contributed by atoms with Gasteiger partial charge in [0, 0.05) is 24.6 Å². The number of benzene rings is 2. The maximum atomic E-state index is 11.9. The summed E-state index contributed by atoms with van der Waals surface area (Å²) in [6.45, 7) is 4.00. The van der Waals surface area contributed by atoms with Crippen LogP contribution in [0.3, 0.4) is 0 Å². The molecule has 1 heterocycles. The highest BCUT2D eigenvalue weighted by Crippen LogP contribution is 2.29. The number of methoxy groups -OCH3 is 1. The molecule has 0 spiro atoms.